The van der Waals surface area contributed by atoms with Gasteiger partial charge in [-0.3, -0.25) is 4.79 Å². The van der Waals surface area contributed by atoms with Gasteiger partial charge in [-0.25, -0.2) is 0 Å². The van der Waals surface area contributed by atoms with E-state index in [1.807, 2.05) is 25.1 Å². The zero-order valence-electron chi connectivity index (χ0n) is 10.4. The Morgan fingerprint density at radius 1 is 1.53 bits per heavy atom. The quantitative estimate of drug-likeness (QED) is 0.812. The summed E-state index contributed by atoms with van der Waals surface area (Å²) in [6, 6.07) is 6.06. The Kier molecular flexibility index (Phi) is 3.48. The summed E-state index contributed by atoms with van der Waals surface area (Å²) < 4.78 is 0. The minimum absolute atomic E-state index is 0.190. The molecule has 0 radical (unpaired) electrons. The van der Waals surface area contributed by atoms with Crippen molar-refractivity contribution in [1.29, 1.82) is 0 Å². The number of aryl methyl sites for hydroxylation is 1. The first-order valence-electron chi connectivity index (χ1n) is 6.10. The Bertz CT molecular complexity index is 417. The van der Waals surface area contributed by atoms with E-state index in [1.54, 1.807) is 0 Å². The molecule has 2 atom stereocenters. The second-order valence-electron chi connectivity index (χ2n) is 4.87. The van der Waals surface area contributed by atoms with E-state index in [1.165, 1.54) is 0 Å². The lowest BCUT2D eigenvalue weighted by Gasteiger charge is -2.27. The maximum Gasteiger partial charge on any atom is 0.150 e. The molecule has 1 fully saturated rings. The first-order valence-corrected chi connectivity index (χ1v) is 6.10. The predicted molar refractivity (Wildman–Crippen MR) is 68.6 cm³/mol. The molecule has 1 aromatic rings. The molecule has 2 unspecified atom stereocenters. The van der Waals surface area contributed by atoms with Gasteiger partial charge in [-0.05, 0) is 43.0 Å². The standard InChI is InChI=1S/C14H19NO2/c1-10-5-6-15(14(10)9-17)13-4-3-12(8-16)11(2)7-13/h3-4,7-8,10,14,17H,5-6,9H2,1-2H3. The van der Waals surface area contributed by atoms with Crippen molar-refractivity contribution in [2.75, 3.05) is 18.1 Å². The molecule has 1 saturated heterocycles. The third kappa shape index (κ3) is 2.20. The SMILES string of the molecule is Cc1cc(N2CCC(C)C2CO)ccc1C=O. The van der Waals surface area contributed by atoms with Crippen LogP contribution >= 0.6 is 0 Å². The van der Waals surface area contributed by atoms with Gasteiger partial charge in [0.05, 0.1) is 12.6 Å². The summed E-state index contributed by atoms with van der Waals surface area (Å²) >= 11 is 0. The molecular formula is C14H19NO2. The molecule has 17 heavy (non-hydrogen) atoms. The van der Waals surface area contributed by atoms with Crippen LogP contribution in [-0.4, -0.2) is 30.6 Å². The minimum Gasteiger partial charge on any atom is -0.394 e. The van der Waals surface area contributed by atoms with Crippen molar-refractivity contribution >= 4 is 12.0 Å². The largest absolute Gasteiger partial charge is 0.394 e. The van der Waals surface area contributed by atoms with E-state index in [4.69, 9.17) is 0 Å². The van der Waals surface area contributed by atoms with Crippen LogP contribution in [0.5, 0.6) is 0 Å². The van der Waals surface area contributed by atoms with Crippen molar-refractivity contribution in [1.82, 2.24) is 0 Å². The molecule has 2 rings (SSSR count). The fourth-order valence-electron chi connectivity index (χ4n) is 2.58. The number of aldehydes is 1. The normalized spacial score (nSPS) is 24.1. The van der Waals surface area contributed by atoms with E-state index in [-0.39, 0.29) is 12.6 Å². The number of rotatable bonds is 3. The van der Waals surface area contributed by atoms with E-state index >= 15 is 0 Å². The molecule has 0 spiro atoms. The van der Waals surface area contributed by atoms with Crippen LogP contribution in [-0.2, 0) is 0 Å². The highest BCUT2D eigenvalue weighted by Gasteiger charge is 2.30. The average Bonchev–Trinajstić information content (AvgIpc) is 2.70. The van der Waals surface area contributed by atoms with E-state index < -0.39 is 0 Å². The Morgan fingerprint density at radius 2 is 2.29 bits per heavy atom. The number of aliphatic hydroxyl groups excluding tert-OH is 1. The van der Waals surface area contributed by atoms with Crippen LogP contribution < -0.4 is 4.90 Å². The van der Waals surface area contributed by atoms with Crippen LogP contribution in [0.1, 0.15) is 29.3 Å². The molecule has 1 aliphatic heterocycles. The third-order valence-corrected chi connectivity index (χ3v) is 3.78. The maximum absolute atomic E-state index is 10.8. The van der Waals surface area contributed by atoms with Crippen molar-refractivity contribution in [3.8, 4) is 0 Å². The van der Waals surface area contributed by atoms with Crippen LogP contribution in [0.25, 0.3) is 0 Å². The van der Waals surface area contributed by atoms with Gasteiger partial charge in [0, 0.05) is 17.8 Å². The number of carbonyl (C=O) groups excluding carboxylic acids is 1. The highest BCUT2D eigenvalue weighted by atomic mass is 16.3. The summed E-state index contributed by atoms with van der Waals surface area (Å²) in [5.41, 5.74) is 2.84. The lowest BCUT2D eigenvalue weighted by Crippen LogP contribution is -2.35. The molecule has 0 aromatic heterocycles. The number of aliphatic hydroxyl groups is 1. The Morgan fingerprint density at radius 3 is 2.88 bits per heavy atom. The van der Waals surface area contributed by atoms with Crippen molar-refractivity contribution < 1.29 is 9.90 Å². The summed E-state index contributed by atoms with van der Waals surface area (Å²) in [7, 11) is 0. The monoisotopic (exact) mass is 233 g/mol. The van der Waals surface area contributed by atoms with Gasteiger partial charge in [-0.1, -0.05) is 6.92 Å². The Balaban J connectivity index is 2.28. The molecule has 1 N–H and O–H groups in total. The summed E-state index contributed by atoms with van der Waals surface area (Å²) in [4.78, 5) is 13.0. The molecular weight excluding hydrogens is 214 g/mol. The van der Waals surface area contributed by atoms with Crippen LogP contribution in [0.2, 0.25) is 0 Å². The molecule has 1 heterocycles. The highest BCUT2D eigenvalue weighted by Crippen LogP contribution is 2.30. The number of nitrogens with zero attached hydrogens (tertiary/aromatic N) is 1. The molecule has 0 saturated carbocycles. The first kappa shape index (κ1) is 12.1. The van der Waals surface area contributed by atoms with Gasteiger partial charge >= 0.3 is 0 Å². The lowest BCUT2D eigenvalue weighted by molar-refractivity contribution is 0.112. The molecule has 3 heteroatoms. The summed E-state index contributed by atoms with van der Waals surface area (Å²) in [6.07, 6.45) is 1.99. The molecule has 92 valence electrons. The number of benzene rings is 1. The zero-order valence-corrected chi connectivity index (χ0v) is 10.4. The fraction of sp³-hybridized carbons (Fsp3) is 0.500. The molecule has 1 aliphatic rings. The van der Waals surface area contributed by atoms with Crippen LogP contribution in [0.3, 0.4) is 0 Å². The number of carbonyl (C=O) groups is 1. The van der Waals surface area contributed by atoms with E-state index in [0.717, 1.165) is 36.1 Å². The summed E-state index contributed by atoms with van der Waals surface area (Å²) in [5.74, 6) is 0.519. The molecule has 1 aromatic carbocycles. The zero-order chi connectivity index (χ0) is 12.4. The molecule has 3 nitrogen and oxygen atoms in total. The van der Waals surface area contributed by atoms with Gasteiger partial charge in [0.1, 0.15) is 6.29 Å². The van der Waals surface area contributed by atoms with Gasteiger partial charge in [-0.2, -0.15) is 0 Å². The topological polar surface area (TPSA) is 40.5 Å². The fourth-order valence-corrected chi connectivity index (χ4v) is 2.58. The Hall–Kier alpha value is -1.35. The number of hydrogen-bond acceptors (Lipinski definition) is 3. The lowest BCUT2D eigenvalue weighted by atomic mass is 10.0. The van der Waals surface area contributed by atoms with E-state index in [0.29, 0.717) is 5.92 Å². The average molecular weight is 233 g/mol. The van der Waals surface area contributed by atoms with Crippen molar-refractivity contribution in [2.24, 2.45) is 5.92 Å². The molecule has 0 aliphatic carbocycles. The molecule has 0 amide bonds. The second-order valence-corrected chi connectivity index (χ2v) is 4.87. The second kappa shape index (κ2) is 4.88. The van der Waals surface area contributed by atoms with Gasteiger partial charge in [0.15, 0.2) is 0 Å². The number of anilines is 1. The van der Waals surface area contributed by atoms with Crippen molar-refractivity contribution in [3.63, 3.8) is 0 Å². The van der Waals surface area contributed by atoms with E-state index in [9.17, 15) is 9.90 Å². The Labute approximate surface area is 102 Å². The first-order chi connectivity index (χ1) is 8.17. The van der Waals surface area contributed by atoms with Crippen LogP contribution in [0.4, 0.5) is 5.69 Å². The summed E-state index contributed by atoms with van der Waals surface area (Å²) in [6.45, 7) is 5.29. The van der Waals surface area contributed by atoms with Gasteiger partial charge < -0.3 is 10.0 Å². The maximum atomic E-state index is 10.8. The number of hydrogen-bond donors (Lipinski definition) is 1. The third-order valence-electron chi connectivity index (χ3n) is 3.78. The smallest absolute Gasteiger partial charge is 0.150 e. The summed E-state index contributed by atoms with van der Waals surface area (Å²) in [5, 5.41) is 9.44. The van der Waals surface area contributed by atoms with Crippen molar-refractivity contribution in [2.45, 2.75) is 26.3 Å². The predicted octanol–water partition coefficient (Wildman–Crippen LogP) is 2.01. The van der Waals surface area contributed by atoms with Crippen molar-refractivity contribution in [3.05, 3.63) is 29.3 Å². The molecule has 0 bridgehead atoms. The van der Waals surface area contributed by atoms with Crippen LogP contribution in [0, 0.1) is 12.8 Å². The minimum atomic E-state index is 0.190. The van der Waals surface area contributed by atoms with Crippen LogP contribution in [0.15, 0.2) is 18.2 Å². The van der Waals surface area contributed by atoms with Gasteiger partial charge in [-0.15, -0.1) is 0 Å². The highest BCUT2D eigenvalue weighted by molar-refractivity contribution is 5.78. The van der Waals surface area contributed by atoms with E-state index in [2.05, 4.69) is 11.8 Å². The van der Waals surface area contributed by atoms with Gasteiger partial charge in [0.25, 0.3) is 0 Å². The van der Waals surface area contributed by atoms with Gasteiger partial charge in [0.2, 0.25) is 0 Å².